The molecule has 3 nitrogen and oxygen atoms in total. The van der Waals surface area contributed by atoms with Crippen molar-refractivity contribution in [2.24, 2.45) is 0 Å². The molecule has 0 bridgehead atoms. The third-order valence-corrected chi connectivity index (χ3v) is 4.37. The lowest BCUT2D eigenvalue weighted by Gasteiger charge is -2.43. The summed E-state index contributed by atoms with van der Waals surface area (Å²) in [5, 5.41) is 3.56. The van der Waals surface area contributed by atoms with Gasteiger partial charge in [-0.3, -0.25) is 0 Å². The van der Waals surface area contributed by atoms with Crippen molar-refractivity contribution in [1.29, 1.82) is 0 Å². The minimum absolute atomic E-state index is 0.0591. The summed E-state index contributed by atoms with van der Waals surface area (Å²) in [5.74, 6) is -0.111. The Morgan fingerprint density at radius 1 is 1.14 bits per heavy atom. The van der Waals surface area contributed by atoms with E-state index in [1.54, 1.807) is 18.2 Å². The Kier molecular flexibility index (Phi) is 3.73. The summed E-state index contributed by atoms with van der Waals surface area (Å²) in [6, 6.07) is 6.40. The zero-order valence-corrected chi connectivity index (χ0v) is 11.7. The number of nitrogens with zero attached hydrogens (tertiary/aromatic N) is 1. The molecular formula is C15H19F3N2O. The predicted octanol–water partition coefficient (Wildman–Crippen LogP) is 3.31. The van der Waals surface area contributed by atoms with E-state index in [0.717, 1.165) is 25.9 Å². The van der Waals surface area contributed by atoms with E-state index in [-0.39, 0.29) is 11.3 Å². The molecule has 2 fully saturated rings. The van der Waals surface area contributed by atoms with Crippen LogP contribution in [0.25, 0.3) is 0 Å². The lowest BCUT2D eigenvalue weighted by Crippen LogP contribution is -2.59. The Bertz CT molecular complexity index is 498. The van der Waals surface area contributed by atoms with Crippen molar-refractivity contribution in [2.75, 3.05) is 24.5 Å². The second-order valence-corrected chi connectivity index (χ2v) is 5.85. The molecule has 0 atom stereocenters. The van der Waals surface area contributed by atoms with Gasteiger partial charge in [-0.1, -0.05) is 25.0 Å². The Morgan fingerprint density at radius 2 is 1.86 bits per heavy atom. The number of hydrogen-bond acceptors (Lipinski definition) is 3. The van der Waals surface area contributed by atoms with E-state index >= 15 is 0 Å². The van der Waals surface area contributed by atoms with Crippen molar-refractivity contribution in [1.82, 2.24) is 5.32 Å². The van der Waals surface area contributed by atoms with Crippen LogP contribution in [-0.2, 0) is 0 Å². The fourth-order valence-corrected chi connectivity index (χ4v) is 3.48. The first-order chi connectivity index (χ1) is 9.98. The van der Waals surface area contributed by atoms with Gasteiger partial charge < -0.3 is 15.0 Å². The summed E-state index contributed by atoms with van der Waals surface area (Å²) in [6.07, 6.45) is -0.115. The van der Waals surface area contributed by atoms with Gasteiger partial charge in [0.1, 0.15) is 0 Å². The van der Waals surface area contributed by atoms with Gasteiger partial charge >= 0.3 is 6.36 Å². The first-order valence-electron chi connectivity index (χ1n) is 7.32. The van der Waals surface area contributed by atoms with E-state index in [4.69, 9.17) is 0 Å². The van der Waals surface area contributed by atoms with Gasteiger partial charge in [-0.25, -0.2) is 0 Å². The number of benzene rings is 1. The smallest absolute Gasteiger partial charge is 0.404 e. The molecule has 3 rings (SSSR count). The lowest BCUT2D eigenvalue weighted by atomic mass is 9.94. The molecule has 1 aliphatic heterocycles. The quantitative estimate of drug-likeness (QED) is 0.907. The maximum absolute atomic E-state index is 12.5. The normalized spacial score (nSPS) is 21.8. The van der Waals surface area contributed by atoms with Gasteiger partial charge in [-0.15, -0.1) is 13.2 Å². The summed E-state index contributed by atoms with van der Waals surface area (Å²) in [4.78, 5) is 2.02. The summed E-state index contributed by atoms with van der Waals surface area (Å²) in [6.45, 7) is 2.23. The predicted molar refractivity (Wildman–Crippen MR) is 74.5 cm³/mol. The van der Waals surface area contributed by atoms with Gasteiger partial charge in [0, 0.05) is 25.2 Å². The summed E-state index contributed by atoms with van der Waals surface area (Å²) >= 11 is 0. The van der Waals surface area contributed by atoms with E-state index < -0.39 is 6.36 Å². The monoisotopic (exact) mass is 300 g/mol. The number of rotatable bonds is 2. The molecule has 1 saturated heterocycles. The van der Waals surface area contributed by atoms with E-state index in [1.807, 2.05) is 4.90 Å². The van der Waals surface area contributed by atoms with Crippen LogP contribution in [0.15, 0.2) is 24.3 Å². The highest BCUT2D eigenvalue weighted by molar-refractivity contribution is 5.59. The second kappa shape index (κ2) is 5.40. The Labute approximate surface area is 122 Å². The highest BCUT2D eigenvalue weighted by Gasteiger charge is 2.39. The van der Waals surface area contributed by atoms with Crippen LogP contribution in [0.1, 0.15) is 25.7 Å². The molecule has 1 spiro atoms. The molecule has 0 aromatic heterocycles. The summed E-state index contributed by atoms with van der Waals surface area (Å²) in [5.41, 5.74) is 0.589. The van der Waals surface area contributed by atoms with Crippen LogP contribution in [0.4, 0.5) is 18.9 Å². The number of para-hydroxylation sites is 2. The van der Waals surface area contributed by atoms with Gasteiger partial charge in [0.2, 0.25) is 0 Å². The molecule has 2 aliphatic rings. The van der Waals surface area contributed by atoms with Crippen LogP contribution in [0.5, 0.6) is 5.75 Å². The Balaban J connectivity index is 1.83. The molecular weight excluding hydrogens is 281 g/mol. The topological polar surface area (TPSA) is 24.5 Å². The molecule has 1 heterocycles. The minimum atomic E-state index is -4.66. The average molecular weight is 300 g/mol. The zero-order chi connectivity index (χ0) is 14.9. The van der Waals surface area contributed by atoms with Crippen LogP contribution in [0.2, 0.25) is 0 Å². The van der Waals surface area contributed by atoms with E-state index in [0.29, 0.717) is 12.2 Å². The number of piperazine rings is 1. The lowest BCUT2D eigenvalue weighted by molar-refractivity contribution is -0.274. The van der Waals surface area contributed by atoms with Crippen molar-refractivity contribution in [3.63, 3.8) is 0 Å². The molecule has 1 N–H and O–H groups in total. The van der Waals surface area contributed by atoms with Crippen molar-refractivity contribution in [3.8, 4) is 5.75 Å². The molecule has 0 radical (unpaired) electrons. The van der Waals surface area contributed by atoms with Crippen molar-refractivity contribution in [3.05, 3.63) is 24.3 Å². The highest BCUT2D eigenvalue weighted by Crippen LogP contribution is 2.37. The zero-order valence-electron chi connectivity index (χ0n) is 11.7. The molecule has 1 aromatic rings. The number of anilines is 1. The molecule has 116 valence electrons. The molecule has 1 aromatic carbocycles. The fourth-order valence-electron chi connectivity index (χ4n) is 3.48. The average Bonchev–Trinajstić information content (AvgIpc) is 2.85. The van der Waals surface area contributed by atoms with E-state index in [1.165, 1.54) is 18.9 Å². The maximum atomic E-state index is 12.5. The minimum Gasteiger partial charge on any atom is -0.404 e. The largest absolute Gasteiger partial charge is 0.573 e. The molecule has 6 heteroatoms. The first-order valence-corrected chi connectivity index (χ1v) is 7.32. The first kappa shape index (κ1) is 14.5. The fraction of sp³-hybridized carbons (Fsp3) is 0.600. The SMILES string of the molecule is FC(F)(F)Oc1ccccc1N1CCNC2(CCCC2)C1. The number of ether oxygens (including phenoxy) is 1. The van der Waals surface area contributed by atoms with Crippen LogP contribution in [-0.4, -0.2) is 31.5 Å². The molecule has 0 unspecified atom stereocenters. The summed E-state index contributed by atoms with van der Waals surface area (Å²) < 4.78 is 41.8. The van der Waals surface area contributed by atoms with E-state index in [9.17, 15) is 13.2 Å². The molecule has 1 saturated carbocycles. The van der Waals surface area contributed by atoms with Crippen LogP contribution in [0, 0.1) is 0 Å². The maximum Gasteiger partial charge on any atom is 0.573 e. The van der Waals surface area contributed by atoms with Gasteiger partial charge in [0.15, 0.2) is 5.75 Å². The van der Waals surface area contributed by atoms with Crippen molar-refractivity contribution >= 4 is 5.69 Å². The van der Waals surface area contributed by atoms with Crippen molar-refractivity contribution in [2.45, 2.75) is 37.6 Å². The Morgan fingerprint density at radius 3 is 2.57 bits per heavy atom. The van der Waals surface area contributed by atoms with Crippen molar-refractivity contribution < 1.29 is 17.9 Å². The van der Waals surface area contributed by atoms with Gasteiger partial charge in [0.05, 0.1) is 5.69 Å². The third kappa shape index (κ3) is 3.26. The second-order valence-electron chi connectivity index (χ2n) is 5.85. The number of hydrogen-bond donors (Lipinski definition) is 1. The van der Waals surface area contributed by atoms with Gasteiger partial charge in [0.25, 0.3) is 0 Å². The van der Waals surface area contributed by atoms with Crippen LogP contribution < -0.4 is 15.0 Å². The van der Waals surface area contributed by atoms with Crippen LogP contribution in [0.3, 0.4) is 0 Å². The number of alkyl halides is 3. The number of halogens is 3. The molecule has 0 amide bonds. The Hall–Kier alpha value is -1.43. The van der Waals surface area contributed by atoms with E-state index in [2.05, 4.69) is 10.1 Å². The molecule has 21 heavy (non-hydrogen) atoms. The highest BCUT2D eigenvalue weighted by atomic mass is 19.4. The standard InChI is InChI=1S/C15H19F3N2O/c16-15(17,18)21-13-6-2-1-5-12(13)20-10-9-19-14(11-20)7-3-4-8-14/h1-2,5-6,19H,3-4,7-11H2. The summed E-state index contributed by atoms with van der Waals surface area (Å²) in [7, 11) is 0. The number of nitrogens with one attached hydrogen (secondary N) is 1. The van der Waals surface area contributed by atoms with Gasteiger partial charge in [-0.2, -0.15) is 0 Å². The van der Waals surface area contributed by atoms with Crippen LogP contribution >= 0.6 is 0 Å². The van der Waals surface area contributed by atoms with Gasteiger partial charge in [-0.05, 0) is 25.0 Å². The molecule has 1 aliphatic carbocycles. The third-order valence-electron chi connectivity index (χ3n) is 4.37.